The van der Waals surface area contributed by atoms with Crippen molar-refractivity contribution in [2.24, 2.45) is 0 Å². The van der Waals surface area contributed by atoms with Crippen LogP contribution in [0, 0.1) is 6.92 Å². The molecule has 0 bridgehead atoms. The number of amides is 1. The zero-order chi connectivity index (χ0) is 25.7. The molecule has 1 aliphatic rings. The molecule has 7 heteroatoms. The normalized spacial score (nSPS) is 14.0. The largest absolute Gasteiger partial charge is 0.497 e. The molecule has 1 N–H and O–H groups in total. The van der Waals surface area contributed by atoms with Crippen molar-refractivity contribution in [2.45, 2.75) is 56.9 Å². The highest BCUT2D eigenvalue weighted by atomic mass is 32.2. The second-order valence-electron chi connectivity index (χ2n) is 9.29. The predicted molar refractivity (Wildman–Crippen MR) is 143 cm³/mol. The summed E-state index contributed by atoms with van der Waals surface area (Å²) in [7, 11) is -2.47. The molecule has 0 aliphatic heterocycles. The second-order valence-corrected chi connectivity index (χ2v) is 11.2. The molecule has 6 nitrogen and oxygen atoms in total. The highest BCUT2D eigenvalue weighted by Crippen LogP contribution is 2.28. The number of carbonyl (C=O) groups excluding carboxylic acids is 1. The van der Waals surface area contributed by atoms with E-state index in [-0.39, 0.29) is 23.4 Å². The summed E-state index contributed by atoms with van der Waals surface area (Å²) in [5.41, 5.74) is 5.12. The van der Waals surface area contributed by atoms with Gasteiger partial charge in [0.25, 0.3) is 10.0 Å². The summed E-state index contributed by atoms with van der Waals surface area (Å²) in [5.74, 6) is 0.149. The highest BCUT2D eigenvalue weighted by Gasteiger charge is 2.28. The van der Waals surface area contributed by atoms with Gasteiger partial charge in [-0.25, -0.2) is 8.42 Å². The lowest BCUT2D eigenvalue weighted by atomic mass is 9.89. The van der Waals surface area contributed by atoms with Crippen LogP contribution < -0.4 is 14.4 Å². The summed E-state index contributed by atoms with van der Waals surface area (Å²) in [5, 5.41) is 3.08. The van der Waals surface area contributed by atoms with Crippen LogP contribution in [0.5, 0.6) is 5.75 Å². The third-order valence-corrected chi connectivity index (χ3v) is 8.54. The minimum Gasteiger partial charge on any atom is -0.497 e. The molecule has 0 heterocycles. The van der Waals surface area contributed by atoms with Crippen LogP contribution in [0.4, 0.5) is 5.69 Å². The Balaban J connectivity index is 1.61. The molecular weight excluding hydrogens is 472 g/mol. The number of sulfonamides is 1. The molecule has 0 aromatic heterocycles. The molecule has 3 aromatic carbocycles. The van der Waals surface area contributed by atoms with Gasteiger partial charge in [-0.1, -0.05) is 48.9 Å². The van der Waals surface area contributed by atoms with E-state index in [0.29, 0.717) is 17.9 Å². The van der Waals surface area contributed by atoms with Gasteiger partial charge in [0.05, 0.1) is 23.7 Å². The number of nitrogens with one attached hydrogen (secondary N) is 1. The van der Waals surface area contributed by atoms with Gasteiger partial charge in [-0.05, 0) is 80.0 Å². The number of hydrogen-bond donors (Lipinski definition) is 1. The van der Waals surface area contributed by atoms with Gasteiger partial charge in [-0.15, -0.1) is 0 Å². The molecule has 1 atom stereocenters. The van der Waals surface area contributed by atoms with Crippen LogP contribution in [0.2, 0.25) is 0 Å². The quantitative estimate of drug-likeness (QED) is 0.425. The van der Waals surface area contributed by atoms with Crippen LogP contribution in [-0.2, 0) is 27.7 Å². The number of nitrogens with zero attached hydrogens (tertiary/aromatic N) is 1. The Bertz CT molecular complexity index is 1320. The van der Waals surface area contributed by atoms with Crippen LogP contribution in [0.3, 0.4) is 0 Å². The van der Waals surface area contributed by atoms with Crippen LogP contribution in [0.25, 0.3) is 0 Å². The molecule has 36 heavy (non-hydrogen) atoms. The fourth-order valence-corrected chi connectivity index (χ4v) is 6.09. The Kier molecular flexibility index (Phi) is 7.99. The third-order valence-electron chi connectivity index (χ3n) is 6.76. The van der Waals surface area contributed by atoms with Crippen molar-refractivity contribution < 1.29 is 17.9 Å². The average Bonchev–Trinajstić information content (AvgIpc) is 2.90. The van der Waals surface area contributed by atoms with Crippen LogP contribution in [-0.4, -0.2) is 28.0 Å². The van der Waals surface area contributed by atoms with E-state index >= 15 is 0 Å². The molecule has 0 saturated carbocycles. The predicted octanol–water partition coefficient (Wildman–Crippen LogP) is 5.35. The number of carbonyl (C=O) groups is 1. The lowest BCUT2D eigenvalue weighted by Gasteiger charge is -2.26. The smallest absolute Gasteiger partial charge is 0.264 e. The van der Waals surface area contributed by atoms with Crippen molar-refractivity contribution in [1.82, 2.24) is 5.32 Å². The minimum absolute atomic E-state index is 0.130. The molecule has 0 unspecified atom stereocenters. The summed E-state index contributed by atoms with van der Waals surface area (Å²) < 4.78 is 33.8. The van der Waals surface area contributed by atoms with Crippen LogP contribution in [0.1, 0.15) is 54.5 Å². The molecule has 0 radical (unpaired) electrons. The van der Waals surface area contributed by atoms with Gasteiger partial charge in [0.2, 0.25) is 5.91 Å². The van der Waals surface area contributed by atoms with E-state index in [1.54, 1.807) is 48.5 Å². The summed E-state index contributed by atoms with van der Waals surface area (Å²) in [6.45, 7) is 3.58. The topological polar surface area (TPSA) is 75.7 Å². The molecule has 1 aliphatic carbocycles. The zero-order valence-electron chi connectivity index (χ0n) is 21.2. The van der Waals surface area contributed by atoms with E-state index in [2.05, 4.69) is 23.5 Å². The molecular formula is C29H34N2O4S. The number of benzene rings is 3. The first-order valence-corrected chi connectivity index (χ1v) is 13.9. The maximum absolute atomic E-state index is 13.7. The van der Waals surface area contributed by atoms with Crippen LogP contribution >= 0.6 is 0 Å². The average molecular weight is 507 g/mol. The Morgan fingerprint density at radius 1 is 1.00 bits per heavy atom. The van der Waals surface area contributed by atoms with Gasteiger partial charge < -0.3 is 10.1 Å². The second kappa shape index (κ2) is 11.2. The summed E-state index contributed by atoms with van der Waals surface area (Å²) in [4.78, 5) is 13.4. The first-order valence-electron chi connectivity index (χ1n) is 12.5. The molecule has 4 rings (SSSR count). The lowest BCUT2D eigenvalue weighted by molar-refractivity contribution is -0.120. The first-order chi connectivity index (χ1) is 17.3. The highest BCUT2D eigenvalue weighted by molar-refractivity contribution is 7.92. The van der Waals surface area contributed by atoms with Gasteiger partial charge in [-0.2, -0.15) is 0 Å². The zero-order valence-corrected chi connectivity index (χ0v) is 22.0. The SMILES string of the molecule is CC[C@@H](NC(=O)CN(c1cccc(OC)c1)S(=O)(=O)c1ccc(C)cc1)c1ccc2c(c1)CCCC2. The van der Waals surface area contributed by atoms with Crippen molar-refractivity contribution in [1.29, 1.82) is 0 Å². The molecule has 3 aromatic rings. The molecule has 0 fully saturated rings. The summed E-state index contributed by atoms with van der Waals surface area (Å²) in [6.07, 6.45) is 5.27. The number of hydrogen-bond acceptors (Lipinski definition) is 4. The number of methoxy groups -OCH3 is 1. The standard InChI is InChI=1S/C29H34N2O4S/c1-4-28(24-15-14-22-8-5-6-9-23(22)18-24)30-29(32)20-31(25-10-7-11-26(19-25)35-3)36(33,34)27-16-12-21(2)13-17-27/h7,10-19,28H,4-6,8-9,20H2,1-3H3,(H,30,32)/t28-/m1/s1. The lowest BCUT2D eigenvalue weighted by Crippen LogP contribution is -2.42. The number of fused-ring (bicyclic) bond motifs is 1. The van der Waals surface area contributed by atoms with E-state index in [0.717, 1.165) is 28.3 Å². The molecule has 0 spiro atoms. The fourth-order valence-electron chi connectivity index (χ4n) is 4.68. The number of ether oxygens (including phenoxy) is 1. The maximum Gasteiger partial charge on any atom is 0.264 e. The van der Waals surface area contributed by atoms with E-state index < -0.39 is 10.0 Å². The number of aryl methyl sites for hydroxylation is 3. The van der Waals surface area contributed by atoms with Gasteiger partial charge >= 0.3 is 0 Å². The van der Waals surface area contributed by atoms with E-state index in [1.165, 1.54) is 31.1 Å². The van der Waals surface area contributed by atoms with E-state index in [4.69, 9.17) is 4.74 Å². The maximum atomic E-state index is 13.7. The minimum atomic E-state index is -3.99. The van der Waals surface area contributed by atoms with Crippen molar-refractivity contribution in [2.75, 3.05) is 18.0 Å². The molecule has 190 valence electrons. The van der Waals surface area contributed by atoms with Crippen LogP contribution in [0.15, 0.2) is 71.6 Å². The monoisotopic (exact) mass is 506 g/mol. The Hall–Kier alpha value is -3.32. The Morgan fingerprint density at radius 2 is 1.72 bits per heavy atom. The number of anilines is 1. The first kappa shape index (κ1) is 25.8. The Morgan fingerprint density at radius 3 is 2.42 bits per heavy atom. The molecule has 0 saturated heterocycles. The van der Waals surface area contributed by atoms with Gasteiger partial charge in [0, 0.05) is 6.07 Å². The van der Waals surface area contributed by atoms with Crippen molar-refractivity contribution >= 4 is 21.6 Å². The summed E-state index contributed by atoms with van der Waals surface area (Å²) in [6, 6.07) is 19.6. The van der Waals surface area contributed by atoms with Crippen molar-refractivity contribution in [3.8, 4) is 5.75 Å². The molecule has 1 amide bonds. The van der Waals surface area contributed by atoms with Gasteiger partial charge in [0.15, 0.2) is 0 Å². The van der Waals surface area contributed by atoms with Crippen molar-refractivity contribution in [3.63, 3.8) is 0 Å². The fraction of sp³-hybridized carbons (Fsp3) is 0.345. The van der Waals surface area contributed by atoms with E-state index in [9.17, 15) is 13.2 Å². The van der Waals surface area contributed by atoms with Crippen molar-refractivity contribution in [3.05, 3.63) is 89.0 Å². The van der Waals surface area contributed by atoms with Gasteiger partial charge in [0.1, 0.15) is 12.3 Å². The summed E-state index contributed by atoms with van der Waals surface area (Å²) >= 11 is 0. The van der Waals surface area contributed by atoms with Gasteiger partial charge in [-0.3, -0.25) is 9.10 Å². The van der Waals surface area contributed by atoms with E-state index in [1.807, 2.05) is 13.8 Å². The number of rotatable bonds is 9. The third kappa shape index (κ3) is 5.73. The Labute approximate surface area is 214 Å².